The Balaban J connectivity index is 2.60. The summed E-state index contributed by atoms with van der Waals surface area (Å²) in [6.07, 6.45) is 0.399. The highest BCUT2D eigenvalue weighted by Gasteiger charge is 2.10. The van der Waals surface area contributed by atoms with Crippen LogP contribution < -0.4 is 5.32 Å². The van der Waals surface area contributed by atoms with Gasteiger partial charge in [-0.3, -0.25) is 9.69 Å². The predicted molar refractivity (Wildman–Crippen MR) is 72.1 cm³/mol. The van der Waals surface area contributed by atoms with Crippen molar-refractivity contribution in [3.63, 3.8) is 0 Å². The highest BCUT2D eigenvalue weighted by Crippen LogP contribution is 2.13. The third kappa shape index (κ3) is 4.79. The van der Waals surface area contributed by atoms with Crippen LogP contribution in [0.5, 0.6) is 0 Å². The van der Waals surface area contributed by atoms with E-state index in [1.165, 1.54) is 0 Å². The number of nitrogens with one attached hydrogen (secondary N) is 1. The summed E-state index contributed by atoms with van der Waals surface area (Å²) >= 11 is 0. The molecule has 0 saturated carbocycles. The van der Waals surface area contributed by atoms with Crippen LogP contribution >= 0.6 is 0 Å². The zero-order valence-corrected chi connectivity index (χ0v) is 10.9. The summed E-state index contributed by atoms with van der Waals surface area (Å²) in [5.74, 6) is -0.178. The Bertz CT molecular complexity index is 513. The van der Waals surface area contributed by atoms with E-state index >= 15 is 0 Å². The van der Waals surface area contributed by atoms with E-state index in [4.69, 9.17) is 10.5 Å². The van der Waals surface area contributed by atoms with Gasteiger partial charge in [0, 0.05) is 13.0 Å². The van der Waals surface area contributed by atoms with E-state index in [1.54, 1.807) is 24.3 Å². The molecular formula is C14H16N4O. The van der Waals surface area contributed by atoms with E-state index < -0.39 is 0 Å². The number of hydrogen-bond donors (Lipinski definition) is 1. The average molecular weight is 256 g/mol. The maximum atomic E-state index is 11.9. The molecule has 0 atom stereocenters. The van der Waals surface area contributed by atoms with Gasteiger partial charge in [0.25, 0.3) is 0 Å². The standard InChI is InChI=1S/C14H16N4O/c1-2-18(9-5-8-15)11-14(19)17-13-7-4-3-6-12(13)10-16/h3-4,6-7H,2,5,9,11H2,1H3,(H,17,19). The highest BCUT2D eigenvalue weighted by atomic mass is 16.2. The SMILES string of the molecule is CCN(CCC#N)CC(=O)Nc1ccccc1C#N. The number of anilines is 1. The molecule has 0 unspecified atom stereocenters. The van der Waals surface area contributed by atoms with Gasteiger partial charge >= 0.3 is 0 Å². The summed E-state index contributed by atoms with van der Waals surface area (Å²) in [4.78, 5) is 13.8. The second-order valence-electron chi connectivity index (χ2n) is 3.98. The minimum Gasteiger partial charge on any atom is -0.324 e. The number of nitriles is 2. The quantitative estimate of drug-likeness (QED) is 0.840. The molecule has 1 rings (SSSR count). The molecule has 0 fully saturated rings. The second kappa shape index (κ2) is 7.86. The van der Waals surface area contributed by atoms with Gasteiger partial charge in [0.2, 0.25) is 5.91 Å². The van der Waals surface area contributed by atoms with Crippen LogP contribution in [0.4, 0.5) is 5.69 Å². The predicted octanol–water partition coefficient (Wildman–Crippen LogP) is 1.73. The van der Waals surface area contributed by atoms with E-state index in [9.17, 15) is 4.79 Å². The Morgan fingerprint density at radius 2 is 2.11 bits per heavy atom. The maximum absolute atomic E-state index is 11.9. The lowest BCUT2D eigenvalue weighted by Gasteiger charge is -2.18. The Morgan fingerprint density at radius 3 is 2.74 bits per heavy atom. The molecule has 0 spiro atoms. The molecule has 0 radical (unpaired) electrons. The van der Waals surface area contributed by atoms with E-state index in [0.717, 1.165) is 0 Å². The first-order chi connectivity index (χ1) is 9.21. The van der Waals surface area contributed by atoms with Crippen molar-refractivity contribution in [3.8, 4) is 12.1 Å². The molecule has 98 valence electrons. The summed E-state index contributed by atoms with van der Waals surface area (Å²) < 4.78 is 0. The summed E-state index contributed by atoms with van der Waals surface area (Å²) in [5, 5.41) is 20.2. The van der Waals surface area contributed by atoms with E-state index in [1.807, 2.05) is 17.9 Å². The number of carbonyl (C=O) groups is 1. The summed E-state index contributed by atoms with van der Waals surface area (Å²) in [7, 11) is 0. The molecule has 1 amide bonds. The molecule has 0 aliphatic rings. The van der Waals surface area contributed by atoms with Crippen molar-refractivity contribution in [2.75, 3.05) is 25.0 Å². The topological polar surface area (TPSA) is 79.9 Å². The van der Waals surface area contributed by atoms with Crippen LogP contribution in [0.15, 0.2) is 24.3 Å². The van der Waals surface area contributed by atoms with Crippen LogP contribution in [0.1, 0.15) is 18.9 Å². The molecule has 0 saturated heterocycles. The first kappa shape index (κ1) is 14.7. The number of para-hydroxylation sites is 1. The summed E-state index contributed by atoms with van der Waals surface area (Å²) in [6.45, 7) is 3.43. The number of hydrogen-bond acceptors (Lipinski definition) is 4. The van der Waals surface area contributed by atoms with Crippen LogP contribution in [0, 0.1) is 22.7 Å². The molecule has 5 nitrogen and oxygen atoms in total. The van der Waals surface area contributed by atoms with Gasteiger partial charge in [-0.25, -0.2) is 0 Å². The number of amides is 1. The van der Waals surface area contributed by atoms with Gasteiger partial charge in [0.05, 0.1) is 23.9 Å². The fourth-order valence-electron chi connectivity index (χ4n) is 1.64. The number of benzene rings is 1. The first-order valence-corrected chi connectivity index (χ1v) is 6.09. The van der Waals surface area contributed by atoms with Crippen molar-refractivity contribution in [2.45, 2.75) is 13.3 Å². The van der Waals surface area contributed by atoms with Gasteiger partial charge in [-0.15, -0.1) is 0 Å². The van der Waals surface area contributed by atoms with Gasteiger partial charge < -0.3 is 5.32 Å². The molecule has 0 heterocycles. The molecule has 1 aromatic rings. The molecule has 1 aromatic carbocycles. The molecule has 0 aromatic heterocycles. The fourth-order valence-corrected chi connectivity index (χ4v) is 1.64. The molecule has 0 aliphatic carbocycles. The zero-order chi connectivity index (χ0) is 14.1. The zero-order valence-electron chi connectivity index (χ0n) is 10.9. The van der Waals surface area contributed by atoms with Crippen molar-refractivity contribution in [1.82, 2.24) is 4.90 Å². The molecule has 19 heavy (non-hydrogen) atoms. The van der Waals surface area contributed by atoms with Crippen LogP contribution in [-0.4, -0.2) is 30.4 Å². The normalized spacial score (nSPS) is 9.68. The second-order valence-corrected chi connectivity index (χ2v) is 3.98. The number of rotatable bonds is 6. The fraction of sp³-hybridized carbons (Fsp3) is 0.357. The van der Waals surface area contributed by atoms with Crippen molar-refractivity contribution in [3.05, 3.63) is 29.8 Å². The third-order valence-electron chi connectivity index (χ3n) is 2.68. The molecule has 1 N–H and O–H groups in total. The van der Waals surface area contributed by atoms with E-state index in [-0.39, 0.29) is 12.5 Å². The molecule has 0 aliphatic heterocycles. The lowest BCUT2D eigenvalue weighted by atomic mass is 10.2. The number of likely N-dealkylation sites (N-methyl/N-ethyl adjacent to an activating group) is 1. The van der Waals surface area contributed by atoms with Crippen molar-refractivity contribution in [1.29, 1.82) is 10.5 Å². The first-order valence-electron chi connectivity index (χ1n) is 6.09. The Labute approximate surface area is 113 Å². The van der Waals surface area contributed by atoms with Gasteiger partial charge in [0.1, 0.15) is 6.07 Å². The minimum absolute atomic E-state index is 0.178. The van der Waals surface area contributed by atoms with Crippen molar-refractivity contribution in [2.24, 2.45) is 0 Å². The smallest absolute Gasteiger partial charge is 0.238 e. The van der Waals surface area contributed by atoms with Crippen LogP contribution in [-0.2, 0) is 4.79 Å². The number of nitrogens with zero attached hydrogens (tertiary/aromatic N) is 3. The largest absolute Gasteiger partial charge is 0.324 e. The number of carbonyl (C=O) groups excluding carboxylic acids is 1. The Kier molecular flexibility index (Phi) is 6.08. The Hall–Kier alpha value is -2.37. The van der Waals surface area contributed by atoms with E-state index in [0.29, 0.717) is 30.8 Å². The monoisotopic (exact) mass is 256 g/mol. The summed E-state index contributed by atoms with van der Waals surface area (Å²) in [5.41, 5.74) is 0.960. The highest BCUT2D eigenvalue weighted by molar-refractivity contribution is 5.93. The van der Waals surface area contributed by atoms with E-state index in [2.05, 4.69) is 11.4 Å². The third-order valence-corrected chi connectivity index (χ3v) is 2.68. The van der Waals surface area contributed by atoms with Crippen LogP contribution in [0.3, 0.4) is 0 Å². The van der Waals surface area contributed by atoms with Crippen molar-refractivity contribution < 1.29 is 4.79 Å². The van der Waals surface area contributed by atoms with Crippen LogP contribution in [0.25, 0.3) is 0 Å². The molecule has 5 heteroatoms. The summed E-state index contributed by atoms with van der Waals surface area (Å²) in [6, 6.07) is 11.0. The van der Waals surface area contributed by atoms with Gasteiger partial charge in [-0.05, 0) is 18.7 Å². The Morgan fingerprint density at radius 1 is 1.37 bits per heavy atom. The maximum Gasteiger partial charge on any atom is 0.238 e. The molecule has 0 bridgehead atoms. The lowest BCUT2D eigenvalue weighted by molar-refractivity contribution is -0.117. The van der Waals surface area contributed by atoms with Crippen LogP contribution in [0.2, 0.25) is 0 Å². The lowest BCUT2D eigenvalue weighted by Crippen LogP contribution is -2.33. The van der Waals surface area contributed by atoms with Crippen molar-refractivity contribution >= 4 is 11.6 Å². The van der Waals surface area contributed by atoms with Gasteiger partial charge in [0.15, 0.2) is 0 Å². The molecular weight excluding hydrogens is 240 g/mol. The minimum atomic E-state index is -0.178. The average Bonchev–Trinajstić information content (AvgIpc) is 2.44. The van der Waals surface area contributed by atoms with Gasteiger partial charge in [-0.1, -0.05) is 19.1 Å². The van der Waals surface area contributed by atoms with Gasteiger partial charge in [-0.2, -0.15) is 10.5 Å².